The van der Waals surface area contributed by atoms with E-state index >= 15 is 0 Å². The maximum Gasteiger partial charge on any atom is 0.239 e. The molecule has 194 valence electrons. The van der Waals surface area contributed by atoms with Gasteiger partial charge in [0.25, 0.3) is 0 Å². The summed E-state index contributed by atoms with van der Waals surface area (Å²) in [5.74, 6) is -0.732. The zero-order valence-electron chi connectivity index (χ0n) is 20.7. The third kappa shape index (κ3) is 8.15. The smallest absolute Gasteiger partial charge is 0.239 e. The number of nitrogens with zero attached hydrogens (tertiary/aromatic N) is 2. The van der Waals surface area contributed by atoms with Crippen LogP contribution in [-0.2, 0) is 27.2 Å². The molecule has 3 amide bonds. The van der Waals surface area contributed by atoms with Crippen molar-refractivity contribution < 1.29 is 14.4 Å². The molecule has 1 aliphatic heterocycles. The van der Waals surface area contributed by atoms with E-state index < -0.39 is 18.1 Å². The van der Waals surface area contributed by atoms with Crippen LogP contribution in [0.4, 0.5) is 0 Å². The molecular formula is C27H38N6O3. The largest absolute Gasteiger partial charge is 0.349 e. The molecule has 0 saturated carbocycles. The fraction of sp³-hybridized carbons (Fsp3) is 0.444. The van der Waals surface area contributed by atoms with Gasteiger partial charge in [0.1, 0.15) is 0 Å². The Morgan fingerprint density at radius 2 is 1.19 bits per heavy atom. The lowest BCUT2D eigenvalue weighted by Crippen LogP contribution is -2.53. The Labute approximate surface area is 213 Å². The number of benzene rings is 2. The minimum absolute atomic E-state index is 0.175. The molecule has 0 aromatic heterocycles. The number of amides is 3. The Balaban J connectivity index is 1.62. The quantitative estimate of drug-likeness (QED) is 0.366. The van der Waals surface area contributed by atoms with E-state index in [0.717, 1.165) is 11.1 Å². The average molecular weight is 495 g/mol. The number of carbonyl (C=O) groups excluding carboxylic acids is 3. The number of nitrogens with two attached hydrogens (primary N) is 3. The van der Waals surface area contributed by atoms with E-state index in [2.05, 4.69) is 5.32 Å². The third-order valence-corrected chi connectivity index (χ3v) is 6.50. The number of aryl methyl sites for hydroxylation is 2. The molecule has 2 aromatic carbocycles. The van der Waals surface area contributed by atoms with Crippen molar-refractivity contribution in [2.45, 2.75) is 43.8 Å². The molecule has 0 bridgehead atoms. The van der Waals surface area contributed by atoms with Gasteiger partial charge in [-0.25, -0.2) is 0 Å². The van der Waals surface area contributed by atoms with Gasteiger partial charge in [0, 0.05) is 26.2 Å². The minimum Gasteiger partial charge on any atom is -0.349 e. The van der Waals surface area contributed by atoms with Gasteiger partial charge in [-0.3, -0.25) is 14.4 Å². The molecule has 7 N–H and O–H groups in total. The molecular weight excluding hydrogens is 456 g/mol. The number of hydrogen-bond acceptors (Lipinski definition) is 6. The first-order valence-corrected chi connectivity index (χ1v) is 12.5. The molecule has 0 aliphatic carbocycles. The van der Waals surface area contributed by atoms with Crippen LogP contribution in [0.15, 0.2) is 60.7 Å². The topological polar surface area (TPSA) is 148 Å². The van der Waals surface area contributed by atoms with Crippen molar-refractivity contribution in [3.63, 3.8) is 0 Å². The van der Waals surface area contributed by atoms with E-state index in [9.17, 15) is 14.4 Å². The summed E-state index contributed by atoms with van der Waals surface area (Å²) in [7, 11) is 0. The van der Waals surface area contributed by atoms with Crippen molar-refractivity contribution >= 4 is 17.7 Å². The van der Waals surface area contributed by atoms with Crippen molar-refractivity contribution in [2.75, 3.05) is 32.7 Å². The first-order chi connectivity index (χ1) is 17.4. The Kier molecular flexibility index (Phi) is 10.4. The van der Waals surface area contributed by atoms with Crippen molar-refractivity contribution in [1.82, 2.24) is 15.1 Å². The second-order valence-electron chi connectivity index (χ2n) is 9.30. The minimum atomic E-state index is -0.675. The van der Waals surface area contributed by atoms with Gasteiger partial charge in [-0.15, -0.1) is 0 Å². The van der Waals surface area contributed by atoms with Crippen molar-refractivity contribution in [1.29, 1.82) is 0 Å². The van der Waals surface area contributed by atoms with Gasteiger partial charge in [-0.1, -0.05) is 60.7 Å². The van der Waals surface area contributed by atoms with Gasteiger partial charge >= 0.3 is 0 Å². The van der Waals surface area contributed by atoms with Crippen LogP contribution >= 0.6 is 0 Å². The Bertz CT molecular complexity index is 916. The van der Waals surface area contributed by atoms with Crippen LogP contribution in [0, 0.1) is 0 Å². The predicted octanol–water partition coefficient (Wildman–Crippen LogP) is 0.0209. The summed E-state index contributed by atoms with van der Waals surface area (Å²) in [4.78, 5) is 41.7. The highest BCUT2D eigenvalue weighted by Crippen LogP contribution is 2.12. The van der Waals surface area contributed by atoms with Gasteiger partial charge in [0.05, 0.1) is 24.7 Å². The van der Waals surface area contributed by atoms with Crippen LogP contribution in [0.25, 0.3) is 0 Å². The van der Waals surface area contributed by atoms with E-state index in [1.807, 2.05) is 60.7 Å². The Hall–Kier alpha value is -3.27. The van der Waals surface area contributed by atoms with Crippen molar-refractivity contribution in [3.8, 4) is 0 Å². The van der Waals surface area contributed by atoms with Gasteiger partial charge in [-0.05, 0) is 36.8 Å². The van der Waals surface area contributed by atoms with E-state index in [0.29, 0.717) is 38.8 Å². The SMILES string of the molecule is NCC(=O)NC1CN(C(=O)[C@@H](N)CCc2ccccc2)CCN(C(=O)[C@@H](N)CCc2ccccc2)C1. The third-order valence-electron chi connectivity index (χ3n) is 6.50. The maximum atomic E-state index is 13.2. The van der Waals surface area contributed by atoms with Crippen molar-refractivity contribution in [2.24, 2.45) is 17.2 Å². The second kappa shape index (κ2) is 13.7. The molecule has 36 heavy (non-hydrogen) atoms. The summed E-state index contributed by atoms with van der Waals surface area (Å²) >= 11 is 0. The lowest BCUT2D eigenvalue weighted by atomic mass is 10.0. The molecule has 1 heterocycles. The fourth-order valence-electron chi connectivity index (χ4n) is 4.44. The molecule has 0 spiro atoms. The summed E-state index contributed by atoms with van der Waals surface area (Å²) in [6.45, 7) is 0.985. The molecule has 2 atom stereocenters. The molecule has 9 nitrogen and oxygen atoms in total. The Morgan fingerprint density at radius 1 is 0.778 bits per heavy atom. The highest BCUT2D eigenvalue weighted by atomic mass is 16.2. The second-order valence-corrected chi connectivity index (χ2v) is 9.30. The van der Waals surface area contributed by atoms with Gasteiger partial charge in [0.15, 0.2) is 0 Å². The summed E-state index contributed by atoms with van der Waals surface area (Å²) in [5.41, 5.74) is 20.2. The standard InChI is InChI=1S/C27H38N6O3/c28-17-25(34)31-22-18-32(26(35)23(29)13-11-20-7-3-1-4-8-20)15-16-33(19-22)27(36)24(30)14-12-21-9-5-2-6-10-21/h1-10,22-24H,11-19,28-30H2,(H,31,34)/t23-,24-/m0/s1. The first-order valence-electron chi connectivity index (χ1n) is 12.5. The van der Waals surface area contributed by atoms with Crippen LogP contribution in [-0.4, -0.2) is 78.4 Å². The summed E-state index contributed by atoms with van der Waals surface area (Å²) < 4.78 is 0. The molecule has 1 aliphatic rings. The highest BCUT2D eigenvalue weighted by molar-refractivity contribution is 5.84. The molecule has 0 unspecified atom stereocenters. The van der Waals surface area contributed by atoms with Gasteiger partial charge < -0.3 is 32.3 Å². The number of nitrogens with one attached hydrogen (secondary N) is 1. The van der Waals surface area contributed by atoms with Gasteiger partial charge in [-0.2, -0.15) is 0 Å². The van der Waals surface area contributed by atoms with Crippen LogP contribution in [0.1, 0.15) is 24.0 Å². The lowest BCUT2D eigenvalue weighted by molar-refractivity contribution is -0.135. The van der Waals surface area contributed by atoms with E-state index in [1.54, 1.807) is 9.80 Å². The molecule has 9 heteroatoms. The fourth-order valence-corrected chi connectivity index (χ4v) is 4.44. The number of hydrogen-bond donors (Lipinski definition) is 4. The zero-order valence-corrected chi connectivity index (χ0v) is 20.7. The Morgan fingerprint density at radius 3 is 1.58 bits per heavy atom. The summed E-state index contributed by atoms with van der Waals surface area (Å²) in [5, 5.41) is 2.84. The zero-order chi connectivity index (χ0) is 25.9. The predicted molar refractivity (Wildman–Crippen MR) is 140 cm³/mol. The van der Waals surface area contributed by atoms with Crippen LogP contribution < -0.4 is 22.5 Å². The normalized spacial score (nSPS) is 16.2. The van der Waals surface area contributed by atoms with E-state index in [-0.39, 0.29) is 37.4 Å². The maximum absolute atomic E-state index is 13.2. The number of carbonyl (C=O) groups is 3. The van der Waals surface area contributed by atoms with Gasteiger partial charge in [0.2, 0.25) is 17.7 Å². The molecule has 1 fully saturated rings. The first kappa shape index (κ1) is 27.3. The summed E-state index contributed by atoms with van der Waals surface area (Å²) in [6.07, 6.45) is 2.39. The van der Waals surface area contributed by atoms with E-state index in [4.69, 9.17) is 17.2 Å². The number of rotatable bonds is 10. The van der Waals surface area contributed by atoms with Crippen LogP contribution in [0.2, 0.25) is 0 Å². The molecule has 3 rings (SSSR count). The van der Waals surface area contributed by atoms with E-state index in [1.165, 1.54) is 0 Å². The average Bonchev–Trinajstić information content (AvgIpc) is 3.13. The highest BCUT2D eigenvalue weighted by Gasteiger charge is 2.32. The molecule has 0 radical (unpaired) electrons. The summed E-state index contributed by atoms with van der Waals surface area (Å²) in [6, 6.07) is 17.9. The monoisotopic (exact) mass is 494 g/mol. The lowest BCUT2D eigenvalue weighted by Gasteiger charge is -2.27. The van der Waals surface area contributed by atoms with Crippen molar-refractivity contribution in [3.05, 3.63) is 71.8 Å². The van der Waals surface area contributed by atoms with Crippen LogP contribution in [0.3, 0.4) is 0 Å². The van der Waals surface area contributed by atoms with Crippen LogP contribution in [0.5, 0.6) is 0 Å². The molecule has 1 saturated heterocycles. The molecule has 2 aromatic rings.